The fraction of sp³-hybridized carbons (Fsp3) is 0.471. The Kier molecular flexibility index (Phi) is 3.95. The number of amides is 1. The van der Waals surface area contributed by atoms with E-state index in [-0.39, 0.29) is 18.2 Å². The van der Waals surface area contributed by atoms with Crippen LogP contribution < -0.4 is 5.32 Å². The lowest BCUT2D eigenvalue weighted by atomic mass is 10.2. The third-order valence-electron chi connectivity index (χ3n) is 4.29. The monoisotopic (exact) mass is 340 g/mol. The Morgan fingerprint density at radius 1 is 1.40 bits per heavy atom. The van der Waals surface area contributed by atoms with E-state index in [4.69, 9.17) is 4.52 Å². The summed E-state index contributed by atoms with van der Waals surface area (Å²) in [6.07, 6.45) is 4.47. The standard InChI is InChI=1S/C17H20N6O2/c1-10(2)16-19-17(25-22-16)12-5-6-23-13(7-12)20-21-14(23)8-15(24)18-9-11-3-4-11/h5-7,10-11H,3-4,8-9H2,1-2H3,(H,18,24). The van der Waals surface area contributed by atoms with Gasteiger partial charge in [0.15, 0.2) is 11.5 Å². The Balaban J connectivity index is 1.52. The Morgan fingerprint density at radius 3 is 2.96 bits per heavy atom. The van der Waals surface area contributed by atoms with Gasteiger partial charge in [0.2, 0.25) is 5.91 Å². The minimum atomic E-state index is -0.0243. The molecule has 0 aromatic carbocycles. The van der Waals surface area contributed by atoms with Gasteiger partial charge in [-0.3, -0.25) is 9.20 Å². The molecule has 1 amide bonds. The van der Waals surface area contributed by atoms with Crippen LogP contribution >= 0.6 is 0 Å². The number of nitrogens with zero attached hydrogens (tertiary/aromatic N) is 5. The first kappa shape index (κ1) is 15.7. The van der Waals surface area contributed by atoms with Crippen LogP contribution in [0.4, 0.5) is 0 Å². The zero-order valence-electron chi connectivity index (χ0n) is 14.3. The maximum atomic E-state index is 12.0. The average Bonchev–Trinajstić information content (AvgIpc) is 3.14. The molecule has 8 nitrogen and oxygen atoms in total. The summed E-state index contributed by atoms with van der Waals surface area (Å²) < 4.78 is 7.12. The summed E-state index contributed by atoms with van der Waals surface area (Å²) in [5.41, 5.74) is 1.43. The van der Waals surface area contributed by atoms with Gasteiger partial charge in [-0.1, -0.05) is 19.0 Å². The summed E-state index contributed by atoms with van der Waals surface area (Å²) in [7, 11) is 0. The minimum Gasteiger partial charge on any atom is -0.355 e. The van der Waals surface area contributed by atoms with E-state index >= 15 is 0 Å². The third kappa shape index (κ3) is 3.38. The van der Waals surface area contributed by atoms with E-state index in [2.05, 4.69) is 25.7 Å². The molecule has 0 saturated heterocycles. The van der Waals surface area contributed by atoms with Crippen molar-refractivity contribution in [1.82, 2.24) is 30.1 Å². The molecular formula is C17H20N6O2. The number of aromatic nitrogens is 5. The number of rotatable bonds is 6. The predicted molar refractivity (Wildman–Crippen MR) is 89.8 cm³/mol. The topological polar surface area (TPSA) is 98.2 Å². The molecule has 0 atom stereocenters. The SMILES string of the molecule is CC(C)c1noc(-c2ccn3c(CC(=O)NCC4CC4)nnc3c2)n1. The van der Waals surface area contributed by atoms with E-state index in [1.54, 1.807) is 4.40 Å². The fourth-order valence-electron chi connectivity index (χ4n) is 2.57. The highest BCUT2D eigenvalue weighted by Gasteiger charge is 2.22. The van der Waals surface area contributed by atoms with Gasteiger partial charge in [-0.25, -0.2) is 0 Å². The van der Waals surface area contributed by atoms with E-state index in [0.29, 0.717) is 29.1 Å². The lowest BCUT2D eigenvalue weighted by Gasteiger charge is -2.03. The summed E-state index contributed by atoms with van der Waals surface area (Å²) >= 11 is 0. The van der Waals surface area contributed by atoms with Gasteiger partial charge in [0, 0.05) is 24.2 Å². The maximum absolute atomic E-state index is 12.0. The number of fused-ring (bicyclic) bond motifs is 1. The van der Waals surface area contributed by atoms with Crippen LogP contribution in [0, 0.1) is 5.92 Å². The van der Waals surface area contributed by atoms with Gasteiger partial charge in [0.25, 0.3) is 5.89 Å². The fourth-order valence-corrected chi connectivity index (χ4v) is 2.57. The number of pyridine rings is 1. The summed E-state index contributed by atoms with van der Waals surface area (Å²) in [6, 6.07) is 3.69. The van der Waals surface area contributed by atoms with Crippen LogP contribution in [0.15, 0.2) is 22.9 Å². The molecule has 25 heavy (non-hydrogen) atoms. The predicted octanol–water partition coefficient (Wildman–Crippen LogP) is 1.97. The van der Waals surface area contributed by atoms with Gasteiger partial charge in [0.1, 0.15) is 5.82 Å². The number of hydrogen-bond donors (Lipinski definition) is 1. The molecule has 1 aliphatic carbocycles. The highest BCUT2D eigenvalue weighted by Crippen LogP contribution is 2.27. The first-order chi connectivity index (χ1) is 12.1. The quantitative estimate of drug-likeness (QED) is 0.737. The van der Waals surface area contributed by atoms with Crippen molar-refractivity contribution in [3.8, 4) is 11.5 Å². The first-order valence-corrected chi connectivity index (χ1v) is 8.54. The van der Waals surface area contributed by atoms with Crippen LogP contribution in [0.25, 0.3) is 17.1 Å². The van der Waals surface area contributed by atoms with Crippen molar-refractivity contribution >= 4 is 11.6 Å². The summed E-state index contributed by atoms with van der Waals surface area (Å²) in [5, 5.41) is 15.2. The second-order valence-corrected chi connectivity index (χ2v) is 6.80. The maximum Gasteiger partial charge on any atom is 0.258 e. The number of carbonyl (C=O) groups excluding carboxylic acids is 1. The second kappa shape index (κ2) is 6.27. The molecule has 1 N–H and O–H groups in total. The number of nitrogens with one attached hydrogen (secondary N) is 1. The molecule has 3 heterocycles. The molecule has 0 unspecified atom stereocenters. The molecule has 4 rings (SSSR count). The molecule has 8 heteroatoms. The highest BCUT2D eigenvalue weighted by molar-refractivity contribution is 5.78. The van der Waals surface area contributed by atoms with E-state index < -0.39 is 0 Å². The van der Waals surface area contributed by atoms with E-state index in [0.717, 1.165) is 12.1 Å². The van der Waals surface area contributed by atoms with Crippen LogP contribution in [-0.4, -0.2) is 37.2 Å². The van der Waals surface area contributed by atoms with Crippen LogP contribution in [0.3, 0.4) is 0 Å². The first-order valence-electron chi connectivity index (χ1n) is 8.54. The third-order valence-corrected chi connectivity index (χ3v) is 4.29. The Morgan fingerprint density at radius 2 is 2.24 bits per heavy atom. The lowest BCUT2D eigenvalue weighted by Crippen LogP contribution is -2.27. The molecule has 1 saturated carbocycles. The Hall–Kier alpha value is -2.77. The van der Waals surface area contributed by atoms with Gasteiger partial charge in [-0.15, -0.1) is 10.2 Å². The van der Waals surface area contributed by atoms with Gasteiger partial charge in [-0.05, 0) is 30.9 Å². The van der Waals surface area contributed by atoms with Crippen molar-refractivity contribution in [3.05, 3.63) is 30.0 Å². The zero-order valence-corrected chi connectivity index (χ0v) is 14.3. The molecule has 1 aliphatic rings. The van der Waals surface area contributed by atoms with E-state index in [1.165, 1.54) is 12.8 Å². The largest absolute Gasteiger partial charge is 0.355 e. The zero-order chi connectivity index (χ0) is 17.4. The number of carbonyl (C=O) groups is 1. The molecule has 0 bridgehead atoms. The molecule has 3 aromatic heterocycles. The summed E-state index contributed by atoms with van der Waals surface area (Å²) in [4.78, 5) is 16.4. The van der Waals surface area contributed by atoms with Crippen LogP contribution in [-0.2, 0) is 11.2 Å². The van der Waals surface area contributed by atoms with Gasteiger partial charge in [-0.2, -0.15) is 4.98 Å². The molecule has 3 aromatic rings. The Bertz CT molecular complexity index is 909. The van der Waals surface area contributed by atoms with Crippen molar-refractivity contribution in [3.63, 3.8) is 0 Å². The van der Waals surface area contributed by atoms with Crippen molar-refractivity contribution in [2.24, 2.45) is 5.92 Å². The van der Waals surface area contributed by atoms with Crippen LogP contribution in [0.1, 0.15) is 44.3 Å². The summed E-state index contributed by atoms with van der Waals surface area (Å²) in [5.74, 6) is 2.58. The second-order valence-electron chi connectivity index (χ2n) is 6.80. The van der Waals surface area contributed by atoms with E-state index in [1.807, 2.05) is 32.2 Å². The van der Waals surface area contributed by atoms with Crippen molar-refractivity contribution in [1.29, 1.82) is 0 Å². The van der Waals surface area contributed by atoms with Gasteiger partial charge < -0.3 is 9.84 Å². The smallest absolute Gasteiger partial charge is 0.258 e. The molecule has 0 radical (unpaired) electrons. The van der Waals surface area contributed by atoms with Gasteiger partial charge >= 0.3 is 0 Å². The number of hydrogen-bond acceptors (Lipinski definition) is 6. The summed E-state index contributed by atoms with van der Waals surface area (Å²) in [6.45, 7) is 4.78. The molecule has 130 valence electrons. The molecule has 1 fully saturated rings. The van der Waals surface area contributed by atoms with Crippen LogP contribution in [0.5, 0.6) is 0 Å². The van der Waals surface area contributed by atoms with Crippen molar-refractivity contribution in [2.75, 3.05) is 6.54 Å². The van der Waals surface area contributed by atoms with Crippen molar-refractivity contribution in [2.45, 2.75) is 39.0 Å². The molecule has 0 spiro atoms. The van der Waals surface area contributed by atoms with Gasteiger partial charge in [0.05, 0.1) is 6.42 Å². The lowest BCUT2D eigenvalue weighted by molar-refractivity contribution is -0.120. The molecule has 0 aliphatic heterocycles. The highest BCUT2D eigenvalue weighted by atomic mass is 16.5. The van der Waals surface area contributed by atoms with Crippen molar-refractivity contribution < 1.29 is 9.32 Å². The average molecular weight is 340 g/mol. The normalized spacial score (nSPS) is 14.4. The minimum absolute atomic E-state index is 0.0243. The van der Waals surface area contributed by atoms with E-state index in [9.17, 15) is 4.79 Å². The molecular weight excluding hydrogens is 320 g/mol. The Labute approximate surface area is 144 Å². The van der Waals surface area contributed by atoms with Crippen LogP contribution in [0.2, 0.25) is 0 Å².